The van der Waals surface area contributed by atoms with E-state index in [0.717, 1.165) is 12.8 Å². The molecule has 0 spiro atoms. The minimum atomic E-state index is -0.0902. The van der Waals surface area contributed by atoms with Gasteiger partial charge in [-0.1, -0.05) is 33.3 Å². The Hall–Kier alpha value is -0.850. The van der Waals surface area contributed by atoms with Gasteiger partial charge >= 0.3 is 0 Å². The molecular weight excluding hydrogens is 187 g/mol. The second kappa shape index (κ2) is 3.62. The molecule has 0 aliphatic heterocycles. The standard InChI is InChI=1S/C14H19F/c1-4-14(2,3)13-8-6-10-5-7-11(15)9-12(10)13/h5,7,9,13H,4,6,8H2,1-3H3. The second-order valence-electron chi connectivity index (χ2n) is 5.28. The van der Waals surface area contributed by atoms with Crippen LogP contribution in [0.2, 0.25) is 0 Å². The van der Waals surface area contributed by atoms with Gasteiger partial charge in [0.25, 0.3) is 0 Å². The maximum absolute atomic E-state index is 13.2. The third-order valence-corrected chi connectivity index (χ3v) is 4.04. The fourth-order valence-corrected chi connectivity index (χ4v) is 2.63. The number of hydrogen-bond donors (Lipinski definition) is 0. The molecule has 1 unspecified atom stereocenters. The topological polar surface area (TPSA) is 0 Å². The zero-order chi connectivity index (χ0) is 11.1. The second-order valence-corrected chi connectivity index (χ2v) is 5.28. The lowest BCUT2D eigenvalue weighted by Crippen LogP contribution is -2.19. The van der Waals surface area contributed by atoms with E-state index < -0.39 is 0 Å². The summed E-state index contributed by atoms with van der Waals surface area (Å²) in [4.78, 5) is 0. The van der Waals surface area contributed by atoms with Crippen LogP contribution >= 0.6 is 0 Å². The van der Waals surface area contributed by atoms with Crippen molar-refractivity contribution in [2.75, 3.05) is 0 Å². The van der Waals surface area contributed by atoms with E-state index in [1.165, 1.54) is 17.5 Å². The molecule has 1 aliphatic rings. The summed E-state index contributed by atoms with van der Waals surface area (Å²) >= 11 is 0. The van der Waals surface area contributed by atoms with Crippen molar-refractivity contribution in [2.45, 2.75) is 46.0 Å². The molecule has 0 aromatic heterocycles. The zero-order valence-electron chi connectivity index (χ0n) is 9.81. The Morgan fingerprint density at radius 2 is 2.13 bits per heavy atom. The van der Waals surface area contributed by atoms with Gasteiger partial charge in [-0.2, -0.15) is 0 Å². The number of rotatable bonds is 2. The summed E-state index contributed by atoms with van der Waals surface area (Å²) in [5.74, 6) is 0.445. The van der Waals surface area contributed by atoms with E-state index in [1.54, 1.807) is 12.1 Å². The lowest BCUT2D eigenvalue weighted by atomic mass is 9.74. The van der Waals surface area contributed by atoms with Gasteiger partial charge < -0.3 is 0 Å². The quantitative estimate of drug-likeness (QED) is 0.677. The van der Waals surface area contributed by atoms with Gasteiger partial charge in [-0.05, 0) is 47.4 Å². The Bertz CT molecular complexity index is 366. The molecular formula is C14H19F. The van der Waals surface area contributed by atoms with E-state index in [4.69, 9.17) is 0 Å². The summed E-state index contributed by atoms with van der Waals surface area (Å²) < 4.78 is 13.2. The summed E-state index contributed by atoms with van der Waals surface area (Å²) in [5.41, 5.74) is 2.89. The average Bonchev–Trinajstić information content (AvgIpc) is 2.61. The van der Waals surface area contributed by atoms with Crippen molar-refractivity contribution in [3.05, 3.63) is 35.1 Å². The van der Waals surface area contributed by atoms with Crippen molar-refractivity contribution in [2.24, 2.45) is 5.41 Å². The molecule has 2 rings (SSSR count). The average molecular weight is 206 g/mol. The first-order valence-corrected chi connectivity index (χ1v) is 5.83. The first-order valence-electron chi connectivity index (χ1n) is 5.83. The number of hydrogen-bond acceptors (Lipinski definition) is 0. The van der Waals surface area contributed by atoms with Crippen LogP contribution in [-0.2, 0) is 6.42 Å². The van der Waals surface area contributed by atoms with E-state index in [2.05, 4.69) is 20.8 Å². The molecule has 0 heterocycles. The molecule has 1 aromatic carbocycles. The van der Waals surface area contributed by atoms with Crippen molar-refractivity contribution in [3.63, 3.8) is 0 Å². The Balaban J connectivity index is 2.39. The molecule has 0 saturated carbocycles. The van der Waals surface area contributed by atoms with Crippen molar-refractivity contribution in [1.29, 1.82) is 0 Å². The Kier molecular flexibility index (Phi) is 2.57. The van der Waals surface area contributed by atoms with E-state index >= 15 is 0 Å². The molecule has 0 fully saturated rings. The van der Waals surface area contributed by atoms with Gasteiger partial charge in [-0.3, -0.25) is 0 Å². The van der Waals surface area contributed by atoms with E-state index in [9.17, 15) is 4.39 Å². The third kappa shape index (κ3) is 1.80. The molecule has 1 aromatic rings. The normalized spacial score (nSPS) is 20.4. The molecule has 0 saturated heterocycles. The molecule has 82 valence electrons. The predicted octanol–water partition coefficient (Wildman–Crippen LogP) is 4.29. The number of benzene rings is 1. The number of fused-ring (bicyclic) bond motifs is 1. The van der Waals surface area contributed by atoms with Crippen LogP contribution in [0.15, 0.2) is 18.2 Å². The van der Waals surface area contributed by atoms with Crippen LogP contribution in [0.5, 0.6) is 0 Å². The molecule has 1 aliphatic carbocycles. The fourth-order valence-electron chi connectivity index (χ4n) is 2.63. The van der Waals surface area contributed by atoms with Crippen LogP contribution in [0.3, 0.4) is 0 Å². The summed E-state index contributed by atoms with van der Waals surface area (Å²) in [6.45, 7) is 6.80. The van der Waals surface area contributed by atoms with Gasteiger partial charge in [-0.15, -0.1) is 0 Å². The van der Waals surface area contributed by atoms with Gasteiger partial charge in [0.1, 0.15) is 5.82 Å². The van der Waals surface area contributed by atoms with Gasteiger partial charge in [0, 0.05) is 0 Å². The maximum Gasteiger partial charge on any atom is 0.123 e. The SMILES string of the molecule is CCC(C)(C)C1CCc2ccc(F)cc21. The third-order valence-electron chi connectivity index (χ3n) is 4.04. The maximum atomic E-state index is 13.2. The van der Waals surface area contributed by atoms with Crippen molar-refractivity contribution >= 4 is 0 Å². The largest absolute Gasteiger partial charge is 0.207 e. The van der Waals surface area contributed by atoms with Gasteiger partial charge in [-0.25, -0.2) is 4.39 Å². The molecule has 0 amide bonds. The van der Waals surface area contributed by atoms with Gasteiger partial charge in [0.15, 0.2) is 0 Å². The summed E-state index contributed by atoms with van der Waals surface area (Å²) in [6.07, 6.45) is 3.44. The van der Waals surface area contributed by atoms with Gasteiger partial charge in [0.2, 0.25) is 0 Å². The van der Waals surface area contributed by atoms with Crippen LogP contribution in [0, 0.1) is 11.2 Å². The van der Waals surface area contributed by atoms with Crippen LogP contribution in [0.4, 0.5) is 4.39 Å². The predicted molar refractivity (Wildman–Crippen MR) is 61.5 cm³/mol. The Morgan fingerprint density at radius 1 is 1.40 bits per heavy atom. The Labute approximate surface area is 91.5 Å². The monoisotopic (exact) mass is 206 g/mol. The highest BCUT2D eigenvalue weighted by atomic mass is 19.1. The number of halogens is 1. The highest BCUT2D eigenvalue weighted by Gasteiger charge is 2.34. The molecule has 1 heteroatoms. The molecule has 0 radical (unpaired) electrons. The smallest absolute Gasteiger partial charge is 0.123 e. The minimum absolute atomic E-state index is 0.0902. The molecule has 0 nitrogen and oxygen atoms in total. The summed E-state index contributed by atoms with van der Waals surface area (Å²) in [6, 6.07) is 5.28. The lowest BCUT2D eigenvalue weighted by molar-refractivity contribution is 0.272. The highest BCUT2D eigenvalue weighted by Crippen LogP contribution is 2.46. The van der Waals surface area contributed by atoms with Crippen molar-refractivity contribution < 1.29 is 4.39 Å². The first kappa shape index (κ1) is 10.7. The van der Waals surface area contributed by atoms with E-state index in [0.29, 0.717) is 11.3 Å². The van der Waals surface area contributed by atoms with Crippen LogP contribution < -0.4 is 0 Å². The molecule has 1 atom stereocenters. The van der Waals surface area contributed by atoms with Crippen LogP contribution in [0.1, 0.15) is 50.7 Å². The van der Waals surface area contributed by atoms with Crippen molar-refractivity contribution in [3.8, 4) is 0 Å². The number of aryl methyl sites for hydroxylation is 1. The fraction of sp³-hybridized carbons (Fsp3) is 0.571. The first-order chi connectivity index (χ1) is 7.04. The van der Waals surface area contributed by atoms with Crippen LogP contribution in [-0.4, -0.2) is 0 Å². The van der Waals surface area contributed by atoms with E-state index in [-0.39, 0.29) is 5.82 Å². The van der Waals surface area contributed by atoms with E-state index in [1.807, 2.05) is 6.07 Å². The lowest BCUT2D eigenvalue weighted by Gasteiger charge is -2.31. The minimum Gasteiger partial charge on any atom is -0.207 e. The summed E-state index contributed by atoms with van der Waals surface area (Å²) in [5, 5.41) is 0. The zero-order valence-corrected chi connectivity index (χ0v) is 9.81. The molecule has 0 bridgehead atoms. The van der Waals surface area contributed by atoms with Gasteiger partial charge in [0.05, 0.1) is 0 Å². The van der Waals surface area contributed by atoms with Crippen molar-refractivity contribution in [1.82, 2.24) is 0 Å². The molecule has 15 heavy (non-hydrogen) atoms. The molecule has 0 N–H and O–H groups in total. The highest BCUT2D eigenvalue weighted by molar-refractivity contribution is 5.36. The summed E-state index contributed by atoms with van der Waals surface area (Å²) in [7, 11) is 0. The Morgan fingerprint density at radius 3 is 2.80 bits per heavy atom. The van der Waals surface area contributed by atoms with Crippen LogP contribution in [0.25, 0.3) is 0 Å².